The lowest BCUT2D eigenvalue weighted by atomic mass is 10.1. The van der Waals surface area contributed by atoms with E-state index in [4.69, 9.17) is 0 Å². The number of benzene rings is 1. The standard InChI is InChI=1S/C20H22N6O2/c1-21-18(27)9-17-20(28)22-7-8-25(17)12-14-10-23-19-16(11-24-26(19)13-14)15-5-3-2-4-6-15/h2-6,10-11,13,17H,7-9,12H2,1H3,(H,21,27)(H,22,28)/t17-/m0/s1. The van der Waals surface area contributed by atoms with Gasteiger partial charge in [0.15, 0.2) is 5.65 Å². The van der Waals surface area contributed by atoms with Crippen LogP contribution in [0, 0.1) is 0 Å². The number of hydrogen-bond donors (Lipinski definition) is 2. The summed E-state index contributed by atoms with van der Waals surface area (Å²) >= 11 is 0. The normalized spacial score (nSPS) is 17.5. The molecule has 1 saturated heterocycles. The number of carbonyl (C=O) groups is 2. The molecule has 0 radical (unpaired) electrons. The summed E-state index contributed by atoms with van der Waals surface area (Å²) in [6.45, 7) is 1.77. The largest absolute Gasteiger partial charge is 0.359 e. The summed E-state index contributed by atoms with van der Waals surface area (Å²) < 4.78 is 1.76. The SMILES string of the molecule is CNC(=O)C[C@H]1C(=O)NCCN1Cc1cnc2c(-c3ccccc3)cnn2c1. The van der Waals surface area contributed by atoms with Crippen LogP contribution in [-0.4, -0.2) is 57.5 Å². The summed E-state index contributed by atoms with van der Waals surface area (Å²) in [5, 5.41) is 9.86. The van der Waals surface area contributed by atoms with E-state index in [0.717, 1.165) is 22.3 Å². The Balaban J connectivity index is 1.57. The number of piperazine rings is 1. The van der Waals surface area contributed by atoms with Crippen LogP contribution in [0.4, 0.5) is 0 Å². The molecule has 2 N–H and O–H groups in total. The van der Waals surface area contributed by atoms with Crippen LogP contribution in [0.2, 0.25) is 0 Å². The number of hydrogen-bond acceptors (Lipinski definition) is 5. The molecule has 3 heterocycles. The lowest BCUT2D eigenvalue weighted by Crippen LogP contribution is -2.56. The quantitative estimate of drug-likeness (QED) is 0.686. The van der Waals surface area contributed by atoms with Crippen LogP contribution >= 0.6 is 0 Å². The van der Waals surface area contributed by atoms with Gasteiger partial charge < -0.3 is 10.6 Å². The highest BCUT2D eigenvalue weighted by atomic mass is 16.2. The predicted molar refractivity (Wildman–Crippen MR) is 104 cm³/mol. The fourth-order valence-corrected chi connectivity index (χ4v) is 3.50. The molecule has 0 bridgehead atoms. The minimum atomic E-state index is -0.484. The van der Waals surface area contributed by atoms with Crippen molar-refractivity contribution in [3.63, 3.8) is 0 Å². The van der Waals surface area contributed by atoms with E-state index in [0.29, 0.717) is 19.6 Å². The average molecular weight is 378 g/mol. The second-order valence-electron chi connectivity index (χ2n) is 6.81. The first kappa shape index (κ1) is 18.1. The molecule has 0 spiro atoms. The highest BCUT2D eigenvalue weighted by molar-refractivity contribution is 5.88. The van der Waals surface area contributed by atoms with Crippen LogP contribution in [0.1, 0.15) is 12.0 Å². The van der Waals surface area contributed by atoms with E-state index in [9.17, 15) is 9.59 Å². The Labute approximate surface area is 162 Å². The molecule has 28 heavy (non-hydrogen) atoms. The second-order valence-corrected chi connectivity index (χ2v) is 6.81. The Morgan fingerprint density at radius 3 is 2.89 bits per heavy atom. The predicted octanol–water partition coefficient (Wildman–Crippen LogP) is 0.833. The van der Waals surface area contributed by atoms with Crippen molar-refractivity contribution in [2.75, 3.05) is 20.1 Å². The van der Waals surface area contributed by atoms with E-state index in [1.54, 1.807) is 11.6 Å². The van der Waals surface area contributed by atoms with Crippen LogP contribution < -0.4 is 10.6 Å². The fourth-order valence-electron chi connectivity index (χ4n) is 3.50. The van der Waals surface area contributed by atoms with Gasteiger partial charge in [-0.25, -0.2) is 9.50 Å². The van der Waals surface area contributed by atoms with E-state index >= 15 is 0 Å². The molecule has 4 rings (SSSR count). The van der Waals surface area contributed by atoms with Crippen LogP contribution in [0.3, 0.4) is 0 Å². The van der Waals surface area contributed by atoms with Crippen LogP contribution in [0.5, 0.6) is 0 Å². The van der Waals surface area contributed by atoms with Crippen molar-refractivity contribution >= 4 is 17.5 Å². The van der Waals surface area contributed by atoms with Gasteiger partial charge in [-0.2, -0.15) is 5.10 Å². The van der Waals surface area contributed by atoms with Gasteiger partial charge >= 0.3 is 0 Å². The summed E-state index contributed by atoms with van der Waals surface area (Å²) in [7, 11) is 1.58. The molecule has 2 amide bonds. The lowest BCUT2D eigenvalue weighted by molar-refractivity contribution is -0.134. The molecule has 1 aliphatic heterocycles. The highest BCUT2D eigenvalue weighted by Crippen LogP contribution is 2.23. The number of rotatable bonds is 5. The smallest absolute Gasteiger partial charge is 0.237 e. The second kappa shape index (κ2) is 7.77. The van der Waals surface area contributed by atoms with Gasteiger partial charge in [0.1, 0.15) is 0 Å². The molecular formula is C20H22N6O2. The van der Waals surface area contributed by atoms with Crippen molar-refractivity contribution in [1.82, 2.24) is 30.1 Å². The summed E-state index contributed by atoms with van der Waals surface area (Å²) in [6, 6.07) is 9.53. The number of nitrogens with one attached hydrogen (secondary N) is 2. The first-order valence-corrected chi connectivity index (χ1v) is 9.26. The third-order valence-electron chi connectivity index (χ3n) is 4.98. The number of fused-ring (bicyclic) bond motifs is 1. The van der Waals surface area contributed by atoms with Crippen molar-refractivity contribution in [3.8, 4) is 11.1 Å². The van der Waals surface area contributed by atoms with E-state index < -0.39 is 6.04 Å². The lowest BCUT2D eigenvalue weighted by Gasteiger charge is -2.34. The molecule has 1 fully saturated rings. The van der Waals surface area contributed by atoms with Gasteiger partial charge in [-0.3, -0.25) is 14.5 Å². The Morgan fingerprint density at radius 2 is 2.11 bits per heavy atom. The van der Waals surface area contributed by atoms with Gasteiger partial charge in [0.05, 0.1) is 18.7 Å². The summed E-state index contributed by atoms with van der Waals surface area (Å²) in [6.07, 6.45) is 5.69. The molecule has 1 aromatic carbocycles. The maximum atomic E-state index is 12.3. The molecule has 0 aliphatic carbocycles. The summed E-state index contributed by atoms with van der Waals surface area (Å²) in [5.41, 5.74) is 3.76. The zero-order chi connectivity index (χ0) is 19.5. The van der Waals surface area contributed by atoms with E-state index in [1.807, 2.05) is 53.8 Å². The topological polar surface area (TPSA) is 91.6 Å². The van der Waals surface area contributed by atoms with Gasteiger partial charge in [-0.1, -0.05) is 30.3 Å². The molecule has 3 aromatic rings. The van der Waals surface area contributed by atoms with Crippen molar-refractivity contribution in [2.24, 2.45) is 0 Å². The highest BCUT2D eigenvalue weighted by Gasteiger charge is 2.31. The minimum Gasteiger partial charge on any atom is -0.359 e. The third kappa shape index (κ3) is 3.59. The van der Waals surface area contributed by atoms with Crippen molar-refractivity contribution in [1.29, 1.82) is 0 Å². The maximum absolute atomic E-state index is 12.3. The van der Waals surface area contributed by atoms with Gasteiger partial charge in [0.25, 0.3) is 0 Å². The Hall–Kier alpha value is -3.26. The molecule has 8 nitrogen and oxygen atoms in total. The van der Waals surface area contributed by atoms with E-state index in [2.05, 4.69) is 20.7 Å². The zero-order valence-electron chi connectivity index (χ0n) is 15.6. The number of nitrogens with zero attached hydrogens (tertiary/aromatic N) is 4. The average Bonchev–Trinajstić information content (AvgIpc) is 3.14. The van der Waals surface area contributed by atoms with Crippen molar-refractivity contribution in [2.45, 2.75) is 19.0 Å². The Morgan fingerprint density at radius 1 is 1.29 bits per heavy atom. The Kier molecular flexibility index (Phi) is 5.03. The number of carbonyl (C=O) groups excluding carboxylic acids is 2. The van der Waals surface area contributed by atoms with E-state index in [1.165, 1.54) is 0 Å². The van der Waals surface area contributed by atoms with Crippen molar-refractivity contribution < 1.29 is 9.59 Å². The maximum Gasteiger partial charge on any atom is 0.237 e. The monoisotopic (exact) mass is 378 g/mol. The van der Waals surface area contributed by atoms with Gasteiger partial charge in [0.2, 0.25) is 11.8 Å². The van der Waals surface area contributed by atoms with Gasteiger partial charge in [-0.15, -0.1) is 0 Å². The van der Waals surface area contributed by atoms with E-state index in [-0.39, 0.29) is 18.2 Å². The number of aromatic nitrogens is 3. The van der Waals surface area contributed by atoms with Crippen molar-refractivity contribution in [3.05, 3.63) is 54.5 Å². The molecule has 0 saturated carbocycles. The third-order valence-corrected chi connectivity index (χ3v) is 4.98. The first-order valence-electron chi connectivity index (χ1n) is 9.26. The minimum absolute atomic E-state index is 0.116. The first-order chi connectivity index (χ1) is 13.7. The molecule has 0 unspecified atom stereocenters. The summed E-state index contributed by atoms with van der Waals surface area (Å²) in [5.74, 6) is -0.269. The Bertz CT molecular complexity index is 1000. The van der Waals surface area contributed by atoms with Crippen LogP contribution in [0.25, 0.3) is 16.8 Å². The molecular weight excluding hydrogens is 356 g/mol. The molecule has 8 heteroatoms. The number of amides is 2. The molecule has 144 valence electrons. The summed E-state index contributed by atoms with van der Waals surface area (Å²) in [4.78, 5) is 30.7. The van der Waals surface area contributed by atoms with Crippen LogP contribution in [0.15, 0.2) is 48.9 Å². The van der Waals surface area contributed by atoms with Crippen LogP contribution in [-0.2, 0) is 16.1 Å². The molecule has 1 aliphatic rings. The zero-order valence-corrected chi connectivity index (χ0v) is 15.6. The van der Waals surface area contributed by atoms with Gasteiger partial charge in [-0.05, 0) is 5.56 Å². The molecule has 2 aromatic heterocycles. The fraction of sp³-hybridized carbons (Fsp3) is 0.300. The van der Waals surface area contributed by atoms with Gasteiger partial charge in [0, 0.05) is 50.2 Å². The molecule has 1 atom stereocenters.